The minimum atomic E-state index is 0.147. The van der Waals surface area contributed by atoms with Gasteiger partial charge in [0.1, 0.15) is 0 Å². The molecular weight excluding hydrogens is 510 g/mol. The summed E-state index contributed by atoms with van der Waals surface area (Å²) in [5.41, 5.74) is 0. The van der Waals surface area contributed by atoms with Crippen LogP contribution >= 0.6 is 11.8 Å². The van der Waals surface area contributed by atoms with Gasteiger partial charge in [-0.1, -0.05) is 116 Å². The van der Waals surface area contributed by atoms with Crippen molar-refractivity contribution >= 4 is 23.6 Å². The number of hydrogen-bond donors (Lipinski definition) is 0. The summed E-state index contributed by atoms with van der Waals surface area (Å²) < 4.78 is 0. The molecule has 2 heterocycles. The topological polar surface area (TPSA) is 37.4 Å². The van der Waals surface area contributed by atoms with Crippen LogP contribution in [0.1, 0.15) is 161 Å². The first-order valence-corrected chi connectivity index (χ1v) is 19.2. The average Bonchev–Trinajstić information content (AvgIpc) is 2.98. The molecule has 228 valence electrons. The van der Waals surface area contributed by atoms with E-state index < -0.39 is 0 Å². The monoisotopic (exact) mass is 571 g/mol. The van der Waals surface area contributed by atoms with Gasteiger partial charge in [-0.2, -0.15) is 11.8 Å². The molecule has 3 aliphatic carbocycles. The van der Waals surface area contributed by atoms with Crippen LogP contribution in [0.2, 0.25) is 0 Å². The van der Waals surface area contributed by atoms with E-state index in [1.165, 1.54) is 135 Å². The van der Waals surface area contributed by atoms with Gasteiger partial charge in [0.25, 0.3) is 0 Å². The summed E-state index contributed by atoms with van der Waals surface area (Å²) in [6, 6.07) is 0. The van der Waals surface area contributed by atoms with Crippen LogP contribution in [0.5, 0.6) is 0 Å². The molecule has 0 spiro atoms. The highest BCUT2D eigenvalue weighted by molar-refractivity contribution is 8.00. The lowest BCUT2D eigenvalue weighted by Crippen LogP contribution is -2.63. The molecule has 40 heavy (non-hydrogen) atoms. The van der Waals surface area contributed by atoms with Gasteiger partial charge in [0.2, 0.25) is 11.8 Å². The number of carbonyl (C=O) groups is 2. The van der Waals surface area contributed by atoms with Gasteiger partial charge in [-0.05, 0) is 68.6 Å². The summed E-state index contributed by atoms with van der Waals surface area (Å²) in [4.78, 5) is 29.1. The number of unbranched alkanes of at least 4 members (excludes halogenated alkanes) is 15. The molecule has 0 aromatic carbocycles. The molecule has 0 radical (unpaired) electrons. The normalized spacial score (nSPS) is 35.0. The van der Waals surface area contributed by atoms with Crippen LogP contribution in [0.15, 0.2) is 0 Å². The first-order chi connectivity index (χ1) is 19.7. The Kier molecular flexibility index (Phi) is 12.2. The van der Waals surface area contributed by atoms with Crippen LogP contribution in [0.25, 0.3) is 0 Å². The molecule has 3 nitrogen and oxygen atoms in total. The number of nitrogens with zero attached hydrogens (tertiary/aromatic N) is 1. The molecule has 5 rings (SSSR count). The highest BCUT2D eigenvalue weighted by Crippen LogP contribution is 2.62. The third kappa shape index (κ3) is 7.34. The molecule has 0 bridgehead atoms. The zero-order valence-electron chi connectivity index (χ0n) is 26.0. The molecule has 0 aromatic heterocycles. The highest BCUT2D eigenvalue weighted by Gasteiger charge is 2.61. The van der Waals surface area contributed by atoms with Crippen molar-refractivity contribution in [2.45, 2.75) is 172 Å². The molecule has 2 aliphatic heterocycles. The summed E-state index contributed by atoms with van der Waals surface area (Å²) in [7, 11) is 0. The number of imide groups is 1. The summed E-state index contributed by atoms with van der Waals surface area (Å²) in [5.74, 6) is 3.43. The first kappa shape index (κ1) is 30.9. The first-order valence-electron chi connectivity index (χ1n) is 18.2. The molecule has 4 heteroatoms. The van der Waals surface area contributed by atoms with Gasteiger partial charge in [-0.25, -0.2) is 0 Å². The molecular formula is C36H61NO2S. The minimum Gasteiger partial charge on any atom is -0.282 e. The summed E-state index contributed by atoms with van der Waals surface area (Å²) in [6.45, 7) is 2.98. The molecule has 0 aromatic rings. The van der Waals surface area contributed by atoms with Gasteiger partial charge >= 0.3 is 0 Å². The van der Waals surface area contributed by atoms with Gasteiger partial charge in [0.15, 0.2) is 0 Å². The van der Waals surface area contributed by atoms with Crippen LogP contribution in [0, 0.1) is 35.5 Å². The van der Waals surface area contributed by atoms with Gasteiger partial charge in [0, 0.05) is 28.9 Å². The van der Waals surface area contributed by atoms with Crippen molar-refractivity contribution in [1.29, 1.82) is 0 Å². The number of carbonyl (C=O) groups excluding carboxylic acids is 2. The van der Waals surface area contributed by atoms with E-state index in [-0.39, 0.29) is 23.7 Å². The van der Waals surface area contributed by atoms with E-state index in [0.29, 0.717) is 18.4 Å². The molecule has 5 fully saturated rings. The maximum absolute atomic E-state index is 13.7. The molecule has 2 saturated heterocycles. The molecule has 5 aliphatic rings. The SMILES string of the molecule is CCCCCCCCCCCCCCCCCCN1C(=O)C2CCC3SC4CCCCC4C4CCC(C1=O)C2C34. The van der Waals surface area contributed by atoms with E-state index >= 15 is 0 Å². The van der Waals surface area contributed by atoms with Gasteiger partial charge in [0.05, 0.1) is 0 Å². The van der Waals surface area contributed by atoms with Crippen molar-refractivity contribution in [3.05, 3.63) is 0 Å². The number of likely N-dealkylation sites (tertiary alicyclic amines) is 1. The van der Waals surface area contributed by atoms with Crippen molar-refractivity contribution < 1.29 is 9.59 Å². The van der Waals surface area contributed by atoms with Gasteiger partial charge in [-0.15, -0.1) is 0 Å². The van der Waals surface area contributed by atoms with E-state index in [1.807, 2.05) is 0 Å². The zero-order valence-corrected chi connectivity index (χ0v) is 26.8. The van der Waals surface area contributed by atoms with Crippen LogP contribution in [-0.2, 0) is 9.59 Å². The third-order valence-corrected chi connectivity index (χ3v) is 13.8. The zero-order chi connectivity index (χ0) is 27.7. The van der Waals surface area contributed by atoms with Crippen molar-refractivity contribution in [2.24, 2.45) is 35.5 Å². The third-order valence-electron chi connectivity index (χ3n) is 11.9. The summed E-state index contributed by atoms with van der Waals surface area (Å²) in [6.07, 6.45) is 31.9. The van der Waals surface area contributed by atoms with Crippen molar-refractivity contribution in [2.75, 3.05) is 6.54 Å². The Labute approximate surface area is 251 Å². The fourth-order valence-electron chi connectivity index (χ4n) is 9.90. The average molecular weight is 572 g/mol. The second kappa shape index (κ2) is 15.8. The van der Waals surface area contributed by atoms with Crippen LogP contribution in [0.4, 0.5) is 0 Å². The predicted molar refractivity (Wildman–Crippen MR) is 169 cm³/mol. The number of rotatable bonds is 17. The number of amides is 2. The fraction of sp³-hybridized carbons (Fsp3) is 0.944. The Morgan fingerprint density at radius 1 is 0.550 bits per heavy atom. The molecule has 3 saturated carbocycles. The maximum atomic E-state index is 13.7. The van der Waals surface area contributed by atoms with E-state index in [9.17, 15) is 9.59 Å². The molecule has 2 amide bonds. The van der Waals surface area contributed by atoms with Crippen LogP contribution < -0.4 is 0 Å². The van der Waals surface area contributed by atoms with E-state index in [0.717, 1.165) is 41.6 Å². The molecule has 8 unspecified atom stereocenters. The Morgan fingerprint density at radius 3 is 1.68 bits per heavy atom. The second-order valence-corrected chi connectivity index (χ2v) is 16.0. The largest absolute Gasteiger partial charge is 0.282 e. The van der Waals surface area contributed by atoms with Crippen LogP contribution in [-0.4, -0.2) is 33.8 Å². The maximum Gasteiger partial charge on any atom is 0.232 e. The lowest BCUT2D eigenvalue weighted by atomic mass is 9.52. The standard InChI is InChI=1S/C36H61NO2S/c1-2-3-4-5-6-7-8-9-10-11-12-13-14-15-16-19-26-37-35(38)29-23-22-28-27-20-17-18-21-31(27)40-32-25-24-30(36(37)39)33(29)34(28)32/h27-34H,2-26H2,1H3. The van der Waals surface area contributed by atoms with Crippen molar-refractivity contribution in [1.82, 2.24) is 4.90 Å². The predicted octanol–water partition coefficient (Wildman–Crippen LogP) is 9.96. The molecule has 0 N–H and O–H groups in total. The quantitative estimate of drug-likeness (QED) is 0.129. The Bertz CT molecular complexity index is 782. The number of fused-ring (bicyclic) bond motifs is 2. The Balaban J connectivity index is 0.964. The lowest BCUT2D eigenvalue weighted by Gasteiger charge is -2.61. The Hall–Kier alpha value is -0.510. The van der Waals surface area contributed by atoms with E-state index in [1.54, 1.807) is 4.90 Å². The Morgan fingerprint density at radius 2 is 1.07 bits per heavy atom. The smallest absolute Gasteiger partial charge is 0.232 e. The minimum absolute atomic E-state index is 0.147. The van der Waals surface area contributed by atoms with Crippen molar-refractivity contribution in [3.8, 4) is 0 Å². The van der Waals surface area contributed by atoms with E-state index in [2.05, 4.69) is 18.7 Å². The summed E-state index contributed by atoms with van der Waals surface area (Å²) >= 11 is 2.29. The van der Waals surface area contributed by atoms with Crippen molar-refractivity contribution in [3.63, 3.8) is 0 Å². The number of thioether (sulfide) groups is 1. The summed E-state index contributed by atoms with van der Waals surface area (Å²) in [5, 5.41) is 1.59. The van der Waals surface area contributed by atoms with Gasteiger partial charge < -0.3 is 0 Å². The highest BCUT2D eigenvalue weighted by atomic mass is 32.2. The lowest BCUT2D eigenvalue weighted by molar-refractivity contribution is -0.170. The second-order valence-electron chi connectivity index (χ2n) is 14.5. The number of hydrogen-bond acceptors (Lipinski definition) is 3. The fourth-order valence-corrected chi connectivity index (χ4v) is 12.0. The number of piperidine rings is 1. The van der Waals surface area contributed by atoms with Gasteiger partial charge in [-0.3, -0.25) is 14.5 Å². The van der Waals surface area contributed by atoms with E-state index in [4.69, 9.17) is 0 Å². The van der Waals surface area contributed by atoms with Crippen LogP contribution in [0.3, 0.4) is 0 Å². The molecule has 8 atom stereocenters.